The standard InChI is InChI=1S/C12H26O4/c1-11(2,15-9-5-7-13)12(3,4)16-10-6-8-14/h13-14H,5-10H2,1-4H3. The predicted molar refractivity (Wildman–Crippen MR) is 63.5 cm³/mol. The van der Waals surface area contributed by atoms with Gasteiger partial charge in [-0.05, 0) is 40.5 Å². The maximum atomic E-state index is 8.70. The van der Waals surface area contributed by atoms with E-state index in [1.165, 1.54) is 0 Å². The molecular formula is C12H26O4. The van der Waals surface area contributed by atoms with Crippen molar-refractivity contribution in [3.05, 3.63) is 0 Å². The number of aliphatic hydroxyl groups is 2. The Hall–Kier alpha value is -0.160. The monoisotopic (exact) mass is 234 g/mol. The molecular weight excluding hydrogens is 208 g/mol. The first-order chi connectivity index (χ1) is 7.37. The zero-order chi connectivity index (χ0) is 12.7. The molecule has 0 aromatic heterocycles. The summed E-state index contributed by atoms with van der Waals surface area (Å²) in [6.45, 7) is 9.23. The number of rotatable bonds is 9. The van der Waals surface area contributed by atoms with Gasteiger partial charge in [-0.1, -0.05) is 0 Å². The molecule has 0 aromatic carbocycles. The van der Waals surface area contributed by atoms with E-state index in [9.17, 15) is 0 Å². The maximum Gasteiger partial charge on any atom is 0.0909 e. The Morgan fingerprint density at radius 1 is 0.750 bits per heavy atom. The van der Waals surface area contributed by atoms with Crippen molar-refractivity contribution in [1.29, 1.82) is 0 Å². The molecule has 0 aliphatic heterocycles. The van der Waals surface area contributed by atoms with Gasteiger partial charge in [0.25, 0.3) is 0 Å². The Balaban J connectivity index is 4.11. The minimum Gasteiger partial charge on any atom is -0.396 e. The summed E-state index contributed by atoms with van der Waals surface area (Å²) in [4.78, 5) is 0. The quantitative estimate of drug-likeness (QED) is 0.591. The van der Waals surface area contributed by atoms with E-state index >= 15 is 0 Å². The molecule has 2 N–H and O–H groups in total. The highest BCUT2D eigenvalue weighted by Crippen LogP contribution is 2.29. The predicted octanol–water partition coefficient (Wildman–Crippen LogP) is 1.34. The van der Waals surface area contributed by atoms with Crippen LogP contribution in [-0.4, -0.2) is 47.8 Å². The molecule has 4 heteroatoms. The van der Waals surface area contributed by atoms with Crippen molar-refractivity contribution in [3.63, 3.8) is 0 Å². The van der Waals surface area contributed by atoms with E-state index in [2.05, 4.69) is 0 Å². The van der Waals surface area contributed by atoms with Crippen LogP contribution in [0.5, 0.6) is 0 Å². The Morgan fingerprint density at radius 3 is 1.31 bits per heavy atom. The summed E-state index contributed by atoms with van der Waals surface area (Å²) in [7, 11) is 0. The SMILES string of the molecule is CC(C)(OCCCO)C(C)(C)OCCCO. The molecule has 16 heavy (non-hydrogen) atoms. The van der Waals surface area contributed by atoms with E-state index in [0.29, 0.717) is 26.1 Å². The Morgan fingerprint density at radius 2 is 1.06 bits per heavy atom. The molecule has 0 atom stereocenters. The third-order valence-corrected chi connectivity index (χ3v) is 2.98. The van der Waals surface area contributed by atoms with Crippen LogP contribution < -0.4 is 0 Å². The summed E-state index contributed by atoms with van der Waals surface area (Å²) < 4.78 is 11.4. The van der Waals surface area contributed by atoms with Crippen LogP contribution in [0.2, 0.25) is 0 Å². The largest absolute Gasteiger partial charge is 0.396 e. The van der Waals surface area contributed by atoms with Crippen molar-refractivity contribution in [3.8, 4) is 0 Å². The minimum absolute atomic E-state index is 0.141. The van der Waals surface area contributed by atoms with Crippen molar-refractivity contribution in [2.75, 3.05) is 26.4 Å². The van der Waals surface area contributed by atoms with Gasteiger partial charge < -0.3 is 19.7 Å². The molecule has 0 heterocycles. The third-order valence-electron chi connectivity index (χ3n) is 2.98. The van der Waals surface area contributed by atoms with Crippen LogP contribution in [0.25, 0.3) is 0 Å². The Labute approximate surface area is 98.6 Å². The summed E-state index contributed by atoms with van der Waals surface area (Å²) in [6.07, 6.45) is 1.27. The first kappa shape index (κ1) is 15.8. The van der Waals surface area contributed by atoms with Crippen LogP contribution in [0.4, 0.5) is 0 Å². The van der Waals surface area contributed by atoms with E-state index in [1.54, 1.807) is 0 Å². The summed E-state index contributed by atoms with van der Waals surface area (Å²) in [5.74, 6) is 0. The third kappa shape index (κ3) is 5.25. The van der Waals surface area contributed by atoms with Crippen LogP contribution >= 0.6 is 0 Å². The molecule has 0 aliphatic carbocycles. The average molecular weight is 234 g/mol. The van der Waals surface area contributed by atoms with Crippen molar-refractivity contribution in [2.45, 2.75) is 51.7 Å². The topological polar surface area (TPSA) is 58.9 Å². The lowest BCUT2D eigenvalue weighted by Crippen LogP contribution is -2.49. The van der Waals surface area contributed by atoms with E-state index in [-0.39, 0.29) is 13.2 Å². The molecule has 0 spiro atoms. The van der Waals surface area contributed by atoms with Crippen molar-refractivity contribution < 1.29 is 19.7 Å². The van der Waals surface area contributed by atoms with Gasteiger partial charge in [0.2, 0.25) is 0 Å². The Bertz CT molecular complexity index is 158. The fourth-order valence-electron chi connectivity index (χ4n) is 1.13. The highest BCUT2D eigenvalue weighted by atomic mass is 16.6. The van der Waals surface area contributed by atoms with Crippen molar-refractivity contribution in [2.24, 2.45) is 0 Å². The van der Waals surface area contributed by atoms with Crippen LogP contribution in [0.15, 0.2) is 0 Å². The van der Waals surface area contributed by atoms with E-state index in [0.717, 1.165) is 0 Å². The molecule has 0 radical (unpaired) electrons. The summed E-state index contributed by atoms with van der Waals surface area (Å²) >= 11 is 0. The summed E-state index contributed by atoms with van der Waals surface area (Å²) in [5.41, 5.74) is -0.838. The van der Waals surface area contributed by atoms with Crippen molar-refractivity contribution >= 4 is 0 Å². The van der Waals surface area contributed by atoms with Crippen LogP contribution in [0.3, 0.4) is 0 Å². The second kappa shape index (κ2) is 7.22. The fourth-order valence-corrected chi connectivity index (χ4v) is 1.13. The molecule has 0 bridgehead atoms. The second-order valence-electron chi connectivity index (χ2n) is 4.87. The molecule has 0 aliphatic rings. The highest BCUT2D eigenvalue weighted by molar-refractivity contribution is 4.89. The van der Waals surface area contributed by atoms with Gasteiger partial charge in [-0.25, -0.2) is 0 Å². The normalized spacial score (nSPS) is 13.1. The second-order valence-corrected chi connectivity index (χ2v) is 4.87. The van der Waals surface area contributed by atoms with Crippen LogP contribution in [0, 0.1) is 0 Å². The minimum atomic E-state index is -0.419. The molecule has 0 unspecified atom stereocenters. The first-order valence-corrected chi connectivity index (χ1v) is 5.87. The number of ether oxygens (including phenoxy) is 2. The number of aliphatic hydroxyl groups excluding tert-OH is 2. The lowest BCUT2D eigenvalue weighted by atomic mass is 9.89. The fraction of sp³-hybridized carbons (Fsp3) is 1.00. The smallest absolute Gasteiger partial charge is 0.0909 e. The number of hydrogen-bond donors (Lipinski definition) is 2. The first-order valence-electron chi connectivity index (χ1n) is 5.87. The van der Waals surface area contributed by atoms with E-state index in [1.807, 2.05) is 27.7 Å². The lowest BCUT2D eigenvalue weighted by Gasteiger charge is -2.41. The van der Waals surface area contributed by atoms with E-state index < -0.39 is 11.2 Å². The van der Waals surface area contributed by atoms with Gasteiger partial charge in [0.05, 0.1) is 11.2 Å². The maximum absolute atomic E-state index is 8.70. The highest BCUT2D eigenvalue weighted by Gasteiger charge is 2.38. The zero-order valence-corrected chi connectivity index (χ0v) is 11.0. The molecule has 4 nitrogen and oxygen atoms in total. The van der Waals surface area contributed by atoms with Gasteiger partial charge >= 0.3 is 0 Å². The molecule has 0 aromatic rings. The van der Waals surface area contributed by atoms with Gasteiger partial charge in [-0.3, -0.25) is 0 Å². The molecule has 98 valence electrons. The van der Waals surface area contributed by atoms with E-state index in [4.69, 9.17) is 19.7 Å². The zero-order valence-electron chi connectivity index (χ0n) is 11.0. The van der Waals surface area contributed by atoms with Gasteiger partial charge in [0, 0.05) is 26.4 Å². The van der Waals surface area contributed by atoms with Gasteiger partial charge in [-0.15, -0.1) is 0 Å². The molecule has 0 amide bonds. The lowest BCUT2D eigenvalue weighted by molar-refractivity contribution is -0.178. The van der Waals surface area contributed by atoms with Crippen LogP contribution in [-0.2, 0) is 9.47 Å². The Kier molecular flexibility index (Phi) is 7.15. The van der Waals surface area contributed by atoms with Gasteiger partial charge in [0.15, 0.2) is 0 Å². The van der Waals surface area contributed by atoms with Gasteiger partial charge in [-0.2, -0.15) is 0 Å². The summed E-state index contributed by atoms with van der Waals surface area (Å²) in [6, 6.07) is 0. The average Bonchev–Trinajstić information content (AvgIpc) is 2.18. The molecule has 0 saturated carbocycles. The number of hydrogen-bond acceptors (Lipinski definition) is 4. The van der Waals surface area contributed by atoms with Gasteiger partial charge in [0.1, 0.15) is 0 Å². The molecule has 0 fully saturated rings. The summed E-state index contributed by atoms with van der Waals surface area (Å²) in [5, 5.41) is 17.4. The molecule has 0 saturated heterocycles. The van der Waals surface area contributed by atoms with Crippen LogP contribution in [0.1, 0.15) is 40.5 Å². The molecule has 0 rings (SSSR count). The van der Waals surface area contributed by atoms with Crippen molar-refractivity contribution in [1.82, 2.24) is 0 Å².